The number of ketones is 1. The number of amides is 1. The van der Waals surface area contributed by atoms with Gasteiger partial charge in [0.15, 0.2) is 12.4 Å². The number of likely N-dealkylation sites (tertiary alicyclic amines) is 1. The van der Waals surface area contributed by atoms with Gasteiger partial charge < -0.3 is 14.7 Å². The molecule has 162 valence electrons. The summed E-state index contributed by atoms with van der Waals surface area (Å²) in [6, 6.07) is 13.0. The first-order valence-corrected chi connectivity index (χ1v) is 10.0. The van der Waals surface area contributed by atoms with Crippen LogP contribution < -0.4 is 14.8 Å². The molecule has 0 spiro atoms. The van der Waals surface area contributed by atoms with Gasteiger partial charge >= 0.3 is 0 Å². The lowest BCUT2D eigenvalue weighted by atomic mass is 9.94. The summed E-state index contributed by atoms with van der Waals surface area (Å²) in [4.78, 5) is 30.3. The third-order valence-corrected chi connectivity index (χ3v) is 5.50. The molecule has 32 heavy (non-hydrogen) atoms. The van der Waals surface area contributed by atoms with Crippen LogP contribution in [0.25, 0.3) is 5.76 Å². The van der Waals surface area contributed by atoms with Crippen LogP contribution in [0.2, 0.25) is 0 Å². The zero-order valence-corrected chi connectivity index (χ0v) is 17.6. The molecule has 1 unspecified atom stereocenters. The number of ether oxygens (including phenoxy) is 1. The quantitative estimate of drug-likeness (QED) is 0.352. The fourth-order valence-corrected chi connectivity index (χ4v) is 3.93. The number of halogens is 1. The highest BCUT2D eigenvalue weighted by Crippen LogP contribution is 2.40. The van der Waals surface area contributed by atoms with Crippen LogP contribution in [0.4, 0.5) is 4.39 Å². The van der Waals surface area contributed by atoms with Crippen LogP contribution in [0.15, 0.2) is 72.6 Å². The maximum absolute atomic E-state index is 13.6. The first-order chi connectivity index (χ1) is 15.4. The fourth-order valence-electron chi connectivity index (χ4n) is 3.93. The van der Waals surface area contributed by atoms with Crippen molar-refractivity contribution in [2.75, 3.05) is 7.11 Å². The maximum atomic E-state index is 13.6. The summed E-state index contributed by atoms with van der Waals surface area (Å²) in [5.74, 6) is -2.00. The van der Waals surface area contributed by atoms with E-state index >= 15 is 0 Å². The molecular formula is C25H21FN2O4. The number of rotatable bonds is 5. The number of benzene rings is 2. The van der Waals surface area contributed by atoms with Crippen molar-refractivity contribution in [1.82, 2.24) is 4.90 Å². The van der Waals surface area contributed by atoms with Crippen molar-refractivity contribution in [2.24, 2.45) is 0 Å². The lowest BCUT2D eigenvalue weighted by Gasteiger charge is -2.27. The first-order valence-electron chi connectivity index (χ1n) is 10.0. The standard InChI is InChI=1S/C25H21FN2O4/c1-15-12-18(7-10-20(15)32-2)23(29)21-22(17-5-8-19(26)9-6-17)28(25(31)24(21)30)14-16-4-3-11-27-13-16/h3-13,22,29H,14H2,1-2H3/b23-21+. The molecule has 0 radical (unpaired) electrons. The first kappa shape index (κ1) is 21.2. The highest BCUT2D eigenvalue weighted by Gasteiger charge is 2.44. The number of H-pyrrole nitrogens is 1. The maximum Gasteiger partial charge on any atom is 0.295 e. The normalized spacial score (nSPS) is 17.6. The molecular weight excluding hydrogens is 411 g/mol. The third kappa shape index (κ3) is 3.85. The van der Waals surface area contributed by atoms with Gasteiger partial charge in [0.2, 0.25) is 5.78 Å². The van der Waals surface area contributed by atoms with Crippen molar-refractivity contribution >= 4 is 17.4 Å². The number of carbonyl (C=O) groups excluding carboxylic acids is 2. The van der Waals surface area contributed by atoms with E-state index in [4.69, 9.17) is 4.74 Å². The Morgan fingerprint density at radius 2 is 1.91 bits per heavy atom. The minimum Gasteiger partial charge on any atom is -0.872 e. The van der Waals surface area contributed by atoms with Crippen molar-refractivity contribution in [2.45, 2.75) is 19.5 Å². The Hall–Kier alpha value is -4.00. The Kier molecular flexibility index (Phi) is 5.73. The van der Waals surface area contributed by atoms with E-state index in [1.54, 1.807) is 43.6 Å². The third-order valence-electron chi connectivity index (χ3n) is 5.50. The summed E-state index contributed by atoms with van der Waals surface area (Å²) in [6.45, 7) is 1.90. The van der Waals surface area contributed by atoms with Gasteiger partial charge in [0, 0.05) is 17.2 Å². The number of hydrogen-bond donors (Lipinski definition) is 0. The number of carbonyl (C=O) groups is 2. The molecule has 7 heteroatoms. The van der Waals surface area contributed by atoms with E-state index in [0.29, 0.717) is 11.3 Å². The average Bonchev–Trinajstić information content (AvgIpc) is 3.04. The van der Waals surface area contributed by atoms with Crippen molar-refractivity contribution in [3.05, 3.63) is 101 Å². The number of aromatic amines is 1. The molecule has 1 saturated heterocycles. The van der Waals surface area contributed by atoms with Crippen molar-refractivity contribution in [3.8, 4) is 5.75 Å². The molecule has 1 N–H and O–H groups in total. The largest absolute Gasteiger partial charge is 0.872 e. The fraction of sp³-hybridized carbons (Fsp3) is 0.160. The van der Waals surface area contributed by atoms with E-state index in [1.165, 1.54) is 36.3 Å². The predicted octanol–water partition coefficient (Wildman–Crippen LogP) is 2.38. The number of nitrogens with zero attached hydrogens (tertiary/aromatic N) is 1. The van der Waals surface area contributed by atoms with Crippen LogP contribution in [0, 0.1) is 12.7 Å². The molecule has 1 fully saturated rings. The molecule has 1 aromatic heterocycles. The molecule has 1 aliphatic rings. The van der Waals surface area contributed by atoms with E-state index in [0.717, 1.165) is 11.1 Å². The Bertz CT molecular complexity index is 1210. The lowest BCUT2D eigenvalue weighted by molar-refractivity contribution is -0.378. The number of Topliss-reactive ketones (excluding diaryl/α,β-unsaturated/α-hetero) is 1. The van der Waals surface area contributed by atoms with Crippen LogP contribution in [-0.2, 0) is 16.1 Å². The number of hydrogen-bond acceptors (Lipinski definition) is 4. The Morgan fingerprint density at radius 3 is 2.53 bits per heavy atom. The molecule has 1 amide bonds. The summed E-state index contributed by atoms with van der Waals surface area (Å²) in [6.07, 6.45) is 3.44. The second-order valence-electron chi connectivity index (χ2n) is 7.56. The molecule has 2 heterocycles. The molecule has 1 aliphatic heterocycles. The molecule has 0 bridgehead atoms. The van der Waals surface area contributed by atoms with Gasteiger partial charge in [-0.05, 0) is 53.9 Å². The van der Waals surface area contributed by atoms with Crippen molar-refractivity contribution in [3.63, 3.8) is 0 Å². The van der Waals surface area contributed by atoms with Gasteiger partial charge in [-0.3, -0.25) is 9.59 Å². The highest BCUT2D eigenvalue weighted by atomic mass is 19.1. The number of methoxy groups -OCH3 is 1. The zero-order chi connectivity index (χ0) is 22.8. The van der Waals surface area contributed by atoms with E-state index < -0.39 is 29.3 Å². The number of aromatic nitrogens is 1. The lowest BCUT2D eigenvalue weighted by Crippen LogP contribution is -2.29. The second kappa shape index (κ2) is 8.63. The SMILES string of the molecule is COc1ccc(/C([O-])=C2\C(=O)C(=O)N(Cc3ccc[nH+]c3)C2c2ccc(F)cc2)cc1C. The summed E-state index contributed by atoms with van der Waals surface area (Å²) >= 11 is 0. The molecule has 0 saturated carbocycles. The zero-order valence-electron chi connectivity index (χ0n) is 17.6. The van der Waals surface area contributed by atoms with Gasteiger partial charge in [-0.1, -0.05) is 24.0 Å². The van der Waals surface area contributed by atoms with E-state index in [1.807, 2.05) is 6.07 Å². The van der Waals surface area contributed by atoms with Crippen LogP contribution in [-0.4, -0.2) is 23.7 Å². The van der Waals surface area contributed by atoms with Crippen LogP contribution in [0.3, 0.4) is 0 Å². The average molecular weight is 432 g/mol. The Labute approximate surface area is 184 Å². The van der Waals surface area contributed by atoms with Gasteiger partial charge in [-0.2, -0.15) is 0 Å². The van der Waals surface area contributed by atoms with E-state index in [9.17, 15) is 19.1 Å². The monoisotopic (exact) mass is 432 g/mol. The van der Waals surface area contributed by atoms with Gasteiger partial charge in [0.25, 0.3) is 5.91 Å². The molecule has 4 rings (SSSR count). The second-order valence-corrected chi connectivity index (χ2v) is 7.56. The smallest absolute Gasteiger partial charge is 0.295 e. The van der Waals surface area contributed by atoms with Crippen molar-refractivity contribution in [1.29, 1.82) is 0 Å². The van der Waals surface area contributed by atoms with E-state index in [-0.39, 0.29) is 17.7 Å². The van der Waals surface area contributed by atoms with Gasteiger partial charge in [-0.25, -0.2) is 9.37 Å². The minimum absolute atomic E-state index is 0.113. The molecule has 0 aliphatic carbocycles. The van der Waals surface area contributed by atoms with Crippen molar-refractivity contribution < 1.29 is 28.8 Å². The highest BCUT2D eigenvalue weighted by molar-refractivity contribution is 6.46. The number of pyridine rings is 1. The predicted molar refractivity (Wildman–Crippen MR) is 112 cm³/mol. The Balaban J connectivity index is 1.86. The Morgan fingerprint density at radius 1 is 1.16 bits per heavy atom. The number of aryl methyl sites for hydroxylation is 1. The summed E-state index contributed by atoms with van der Waals surface area (Å²) in [5.41, 5.74) is 2.10. The van der Waals surface area contributed by atoms with Crippen LogP contribution in [0.5, 0.6) is 5.75 Å². The van der Waals surface area contributed by atoms with E-state index in [2.05, 4.69) is 4.98 Å². The summed E-state index contributed by atoms with van der Waals surface area (Å²) in [7, 11) is 1.53. The van der Waals surface area contributed by atoms with Gasteiger partial charge in [0.05, 0.1) is 19.7 Å². The minimum atomic E-state index is -0.925. The van der Waals surface area contributed by atoms with Crippen LogP contribution in [0.1, 0.15) is 28.3 Å². The topological polar surface area (TPSA) is 83.8 Å². The summed E-state index contributed by atoms with van der Waals surface area (Å²) in [5, 5.41) is 13.4. The van der Waals surface area contributed by atoms with Gasteiger partial charge in [0.1, 0.15) is 11.6 Å². The molecule has 2 aromatic carbocycles. The summed E-state index contributed by atoms with van der Waals surface area (Å²) < 4.78 is 18.8. The molecule has 3 aromatic rings. The van der Waals surface area contributed by atoms with Gasteiger partial charge in [-0.15, -0.1) is 0 Å². The molecule has 1 atom stereocenters. The molecule has 6 nitrogen and oxygen atoms in total. The number of nitrogens with one attached hydrogen (secondary N) is 1. The van der Waals surface area contributed by atoms with Crippen LogP contribution >= 0.6 is 0 Å².